The highest BCUT2D eigenvalue weighted by atomic mass is 79.9. The number of benzene rings is 2. The highest BCUT2D eigenvalue weighted by Crippen LogP contribution is 2.33. The molecule has 0 saturated carbocycles. The monoisotopic (exact) mass is 339 g/mol. The number of rotatable bonds is 2. The van der Waals surface area contributed by atoms with Crippen LogP contribution in [-0.4, -0.2) is 4.98 Å². The van der Waals surface area contributed by atoms with Crippen molar-refractivity contribution in [1.82, 2.24) is 4.98 Å². The van der Waals surface area contributed by atoms with Crippen molar-refractivity contribution in [1.29, 1.82) is 5.26 Å². The Bertz CT molecular complexity index is 871. The Morgan fingerprint density at radius 1 is 1.14 bits per heavy atom. The van der Waals surface area contributed by atoms with Crippen LogP contribution in [0.4, 0.5) is 5.69 Å². The van der Waals surface area contributed by atoms with Gasteiger partial charge in [-0.05, 0) is 42.5 Å². The van der Waals surface area contributed by atoms with Crippen molar-refractivity contribution in [2.24, 2.45) is 0 Å². The third-order valence-corrected chi connectivity index (χ3v) is 3.54. The number of hydrogen-bond acceptors (Lipinski definition) is 4. The quantitative estimate of drug-likeness (QED) is 0.708. The van der Waals surface area contributed by atoms with E-state index in [0.29, 0.717) is 28.3 Å². The van der Waals surface area contributed by atoms with Crippen LogP contribution in [0.1, 0.15) is 5.56 Å². The molecule has 1 heterocycles. The second-order valence-electron chi connectivity index (χ2n) is 4.41. The number of pyridine rings is 1. The van der Waals surface area contributed by atoms with E-state index in [0.717, 1.165) is 9.86 Å². The molecule has 0 bridgehead atoms. The average molecular weight is 340 g/mol. The third-order valence-electron chi connectivity index (χ3n) is 3.04. The smallest absolute Gasteiger partial charge is 0.145 e. The first-order valence-electron chi connectivity index (χ1n) is 6.20. The molecule has 0 atom stereocenters. The number of ether oxygens (including phenoxy) is 1. The van der Waals surface area contributed by atoms with Crippen LogP contribution >= 0.6 is 15.9 Å². The number of anilines is 1. The maximum absolute atomic E-state index is 9.20. The first-order chi connectivity index (χ1) is 10.2. The van der Waals surface area contributed by atoms with Gasteiger partial charge in [-0.25, -0.2) is 0 Å². The van der Waals surface area contributed by atoms with E-state index >= 15 is 0 Å². The predicted molar refractivity (Wildman–Crippen MR) is 85.1 cm³/mol. The number of halogens is 1. The molecule has 0 aliphatic rings. The summed E-state index contributed by atoms with van der Waals surface area (Å²) in [5, 5.41) is 10.0. The Morgan fingerprint density at radius 2 is 1.95 bits per heavy atom. The zero-order valence-corrected chi connectivity index (χ0v) is 12.5. The lowest BCUT2D eigenvalue weighted by molar-refractivity contribution is 0.486. The second-order valence-corrected chi connectivity index (χ2v) is 5.32. The molecule has 2 N–H and O–H groups in total. The molecule has 0 unspecified atom stereocenters. The molecule has 0 spiro atoms. The molecule has 2 aromatic carbocycles. The lowest BCUT2D eigenvalue weighted by Crippen LogP contribution is -1.93. The van der Waals surface area contributed by atoms with Crippen LogP contribution in [-0.2, 0) is 0 Å². The van der Waals surface area contributed by atoms with Crippen LogP contribution < -0.4 is 10.5 Å². The number of nitrogens with zero attached hydrogens (tertiary/aromatic N) is 2. The summed E-state index contributed by atoms with van der Waals surface area (Å²) < 4.78 is 6.71. The first-order valence-corrected chi connectivity index (χ1v) is 6.99. The molecule has 0 fully saturated rings. The van der Waals surface area contributed by atoms with Gasteiger partial charge in [0.25, 0.3) is 0 Å². The maximum Gasteiger partial charge on any atom is 0.145 e. The molecule has 0 saturated heterocycles. The summed E-state index contributed by atoms with van der Waals surface area (Å²) in [5.74, 6) is 1.11. The Hall–Kier alpha value is -2.58. The summed E-state index contributed by atoms with van der Waals surface area (Å²) in [6, 6.07) is 14.6. The van der Waals surface area contributed by atoms with Gasteiger partial charge in [-0.15, -0.1) is 0 Å². The van der Waals surface area contributed by atoms with Crippen LogP contribution in [0.2, 0.25) is 0 Å². The average Bonchev–Trinajstić information content (AvgIpc) is 2.52. The van der Waals surface area contributed by atoms with E-state index in [2.05, 4.69) is 27.0 Å². The van der Waals surface area contributed by atoms with E-state index in [1.807, 2.05) is 18.2 Å². The van der Waals surface area contributed by atoms with Crippen molar-refractivity contribution in [3.05, 3.63) is 58.7 Å². The minimum Gasteiger partial charge on any atom is -0.455 e. The Labute approximate surface area is 129 Å². The first kappa shape index (κ1) is 13.4. The van der Waals surface area contributed by atoms with E-state index in [4.69, 9.17) is 10.5 Å². The van der Waals surface area contributed by atoms with E-state index < -0.39 is 0 Å². The van der Waals surface area contributed by atoms with Crippen LogP contribution in [0.25, 0.3) is 10.9 Å². The van der Waals surface area contributed by atoms with Crippen molar-refractivity contribution < 1.29 is 4.74 Å². The molecule has 1 aromatic heterocycles. The van der Waals surface area contributed by atoms with Gasteiger partial charge in [-0.1, -0.05) is 15.9 Å². The van der Waals surface area contributed by atoms with E-state index in [1.54, 1.807) is 30.5 Å². The summed E-state index contributed by atoms with van der Waals surface area (Å²) in [6.07, 6.45) is 1.68. The molecule has 102 valence electrons. The molecule has 0 aliphatic carbocycles. The normalized spacial score (nSPS) is 10.3. The molecule has 0 aliphatic heterocycles. The van der Waals surface area contributed by atoms with Gasteiger partial charge >= 0.3 is 0 Å². The topological polar surface area (TPSA) is 71.9 Å². The standard InChI is InChI=1S/C16H10BrN3O/c17-11-3-5-14(10(8-11)9-18)21-15-6-4-13(19)16-12(15)2-1-7-20-16/h1-8H,19H2. The largest absolute Gasteiger partial charge is 0.455 e. The SMILES string of the molecule is N#Cc1cc(Br)ccc1Oc1ccc(N)c2ncccc12. The van der Waals surface area contributed by atoms with Gasteiger partial charge in [0.2, 0.25) is 0 Å². The summed E-state index contributed by atoms with van der Waals surface area (Å²) in [4.78, 5) is 4.26. The van der Waals surface area contributed by atoms with E-state index in [9.17, 15) is 5.26 Å². The van der Waals surface area contributed by atoms with Crippen molar-refractivity contribution >= 4 is 32.5 Å². The van der Waals surface area contributed by atoms with Gasteiger partial charge in [0.05, 0.1) is 16.8 Å². The summed E-state index contributed by atoms with van der Waals surface area (Å²) in [7, 11) is 0. The van der Waals surface area contributed by atoms with Gasteiger partial charge in [0.1, 0.15) is 17.6 Å². The van der Waals surface area contributed by atoms with Crippen molar-refractivity contribution in [2.45, 2.75) is 0 Å². The summed E-state index contributed by atoms with van der Waals surface area (Å²) >= 11 is 3.34. The minimum atomic E-state index is 0.457. The summed E-state index contributed by atoms with van der Waals surface area (Å²) in [5.41, 5.74) is 7.65. The molecule has 5 heteroatoms. The number of nitrogen functional groups attached to an aromatic ring is 1. The van der Waals surface area contributed by atoms with Crippen molar-refractivity contribution in [2.75, 3.05) is 5.73 Å². The maximum atomic E-state index is 9.20. The van der Waals surface area contributed by atoms with Gasteiger partial charge in [0.15, 0.2) is 0 Å². The second kappa shape index (κ2) is 5.43. The van der Waals surface area contributed by atoms with Crippen LogP contribution in [0.5, 0.6) is 11.5 Å². The predicted octanol–water partition coefficient (Wildman–Crippen LogP) is 4.24. The fourth-order valence-corrected chi connectivity index (χ4v) is 2.42. The van der Waals surface area contributed by atoms with Crippen molar-refractivity contribution in [3.63, 3.8) is 0 Å². The van der Waals surface area contributed by atoms with Crippen LogP contribution in [0.3, 0.4) is 0 Å². The number of aromatic nitrogens is 1. The lowest BCUT2D eigenvalue weighted by Gasteiger charge is -2.11. The molecular weight excluding hydrogens is 330 g/mol. The Morgan fingerprint density at radius 3 is 2.76 bits per heavy atom. The highest BCUT2D eigenvalue weighted by Gasteiger charge is 2.10. The third kappa shape index (κ3) is 2.54. The lowest BCUT2D eigenvalue weighted by atomic mass is 10.1. The number of nitriles is 1. The van der Waals surface area contributed by atoms with Gasteiger partial charge in [-0.3, -0.25) is 4.98 Å². The summed E-state index contributed by atoms with van der Waals surface area (Å²) in [6.45, 7) is 0. The Balaban J connectivity index is 2.11. The molecule has 21 heavy (non-hydrogen) atoms. The molecular formula is C16H10BrN3O. The molecule has 0 amide bonds. The number of hydrogen-bond donors (Lipinski definition) is 1. The minimum absolute atomic E-state index is 0.457. The zero-order chi connectivity index (χ0) is 14.8. The fraction of sp³-hybridized carbons (Fsp3) is 0. The van der Waals surface area contributed by atoms with E-state index in [1.165, 1.54) is 0 Å². The van der Waals surface area contributed by atoms with Gasteiger partial charge in [0, 0.05) is 16.1 Å². The Kier molecular flexibility index (Phi) is 3.46. The van der Waals surface area contributed by atoms with E-state index in [-0.39, 0.29) is 0 Å². The van der Waals surface area contributed by atoms with Crippen LogP contribution in [0.15, 0.2) is 53.1 Å². The van der Waals surface area contributed by atoms with Gasteiger partial charge in [-0.2, -0.15) is 5.26 Å². The molecule has 4 nitrogen and oxygen atoms in total. The zero-order valence-electron chi connectivity index (χ0n) is 10.9. The van der Waals surface area contributed by atoms with Crippen LogP contribution in [0, 0.1) is 11.3 Å². The highest BCUT2D eigenvalue weighted by molar-refractivity contribution is 9.10. The molecule has 0 radical (unpaired) electrons. The van der Waals surface area contributed by atoms with Gasteiger partial charge < -0.3 is 10.5 Å². The fourth-order valence-electron chi connectivity index (χ4n) is 2.05. The molecule has 3 aromatic rings. The number of fused-ring (bicyclic) bond motifs is 1. The van der Waals surface area contributed by atoms with Crippen molar-refractivity contribution in [3.8, 4) is 17.6 Å². The molecule has 3 rings (SSSR count). The number of nitrogens with two attached hydrogens (primary N) is 1.